The fraction of sp³-hybridized carbons (Fsp3) is 0.600. The van der Waals surface area contributed by atoms with Crippen molar-refractivity contribution in [2.75, 3.05) is 0 Å². The highest BCUT2D eigenvalue weighted by molar-refractivity contribution is 4.98. The van der Waals surface area contributed by atoms with Crippen LogP contribution in [0, 0.1) is 5.92 Å². The molecule has 1 unspecified atom stereocenters. The molecule has 0 saturated carbocycles. The lowest BCUT2D eigenvalue weighted by Gasteiger charge is -2.02. The van der Waals surface area contributed by atoms with E-state index in [0.29, 0.717) is 0 Å². The minimum Gasteiger partial charge on any atom is -0.0991 e. The summed E-state index contributed by atoms with van der Waals surface area (Å²) in [6.45, 7) is 8.10. The van der Waals surface area contributed by atoms with Crippen LogP contribution in [0.15, 0.2) is 24.8 Å². The number of allylic oxidation sites excluding steroid dienone is 3. The molecular formula is C10H18. The second-order valence-electron chi connectivity index (χ2n) is 2.74. The smallest absolute Gasteiger partial charge is 0.0259 e. The van der Waals surface area contributed by atoms with Gasteiger partial charge in [-0.05, 0) is 12.3 Å². The third kappa shape index (κ3) is 5.61. The first-order valence-corrected chi connectivity index (χ1v) is 4.10. The summed E-state index contributed by atoms with van der Waals surface area (Å²) in [6.07, 6.45) is 10.0. The van der Waals surface area contributed by atoms with E-state index >= 15 is 0 Å². The molecule has 0 aliphatic carbocycles. The third-order valence-corrected chi connectivity index (χ3v) is 1.59. The van der Waals surface area contributed by atoms with Gasteiger partial charge in [0.25, 0.3) is 0 Å². The maximum Gasteiger partial charge on any atom is -0.0259 e. The lowest BCUT2D eigenvalue weighted by Crippen LogP contribution is -1.87. The Balaban J connectivity index is 3.32. The first-order valence-electron chi connectivity index (χ1n) is 4.10. The Kier molecular flexibility index (Phi) is 6.25. The molecule has 0 rings (SSSR count). The quantitative estimate of drug-likeness (QED) is 0.510. The summed E-state index contributed by atoms with van der Waals surface area (Å²) in [7, 11) is 0. The standard InChI is InChI=1S/C10H18/c1-4-6-8-10(3)9-7-5-2/h4,6,8,10H,1,5,7,9H2,2-3H3. The monoisotopic (exact) mass is 138 g/mol. The van der Waals surface area contributed by atoms with Gasteiger partial charge in [-0.3, -0.25) is 0 Å². The summed E-state index contributed by atoms with van der Waals surface area (Å²) in [5.74, 6) is 0.720. The molecule has 1 atom stereocenters. The van der Waals surface area contributed by atoms with Gasteiger partial charge in [-0.15, -0.1) is 0 Å². The Bertz CT molecular complexity index is 101. The van der Waals surface area contributed by atoms with Crippen LogP contribution in [0.5, 0.6) is 0 Å². The molecule has 0 radical (unpaired) electrons. The molecule has 0 fully saturated rings. The Hall–Kier alpha value is -0.520. The van der Waals surface area contributed by atoms with Crippen LogP contribution >= 0.6 is 0 Å². The third-order valence-electron chi connectivity index (χ3n) is 1.59. The van der Waals surface area contributed by atoms with E-state index in [9.17, 15) is 0 Å². The molecule has 0 aliphatic rings. The Morgan fingerprint density at radius 1 is 1.50 bits per heavy atom. The van der Waals surface area contributed by atoms with Crippen molar-refractivity contribution in [2.24, 2.45) is 5.92 Å². The zero-order chi connectivity index (χ0) is 7.82. The molecule has 10 heavy (non-hydrogen) atoms. The SMILES string of the molecule is C=CC=CC(C)CCCC. The normalized spacial score (nSPS) is 13.8. The fourth-order valence-corrected chi connectivity index (χ4v) is 0.891. The lowest BCUT2D eigenvalue weighted by atomic mass is 10.0. The topological polar surface area (TPSA) is 0 Å². The van der Waals surface area contributed by atoms with E-state index in [1.807, 2.05) is 12.2 Å². The molecule has 0 nitrogen and oxygen atoms in total. The van der Waals surface area contributed by atoms with E-state index in [-0.39, 0.29) is 0 Å². The zero-order valence-corrected chi connectivity index (χ0v) is 7.14. The highest BCUT2D eigenvalue weighted by Crippen LogP contribution is 2.08. The minimum atomic E-state index is 0.720. The summed E-state index contributed by atoms with van der Waals surface area (Å²) >= 11 is 0. The number of unbranched alkanes of at least 4 members (excludes halogenated alkanes) is 1. The molecule has 58 valence electrons. The van der Waals surface area contributed by atoms with Gasteiger partial charge >= 0.3 is 0 Å². The minimum absolute atomic E-state index is 0.720. The second kappa shape index (κ2) is 6.60. The van der Waals surface area contributed by atoms with Crippen molar-refractivity contribution >= 4 is 0 Å². The van der Waals surface area contributed by atoms with E-state index in [1.54, 1.807) is 0 Å². The number of hydrogen-bond donors (Lipinski definition) is 0. The van der Waals surface area contributed by atoms with Gasteiger partial charge in [-0.1, -0.05) is 51.5 Å². The fourth-order valence-electron chi connectivity index (χ4n) is 0.891. The molecule has 0 amide bonds. The maximum atomic E-state index is 3.63. The van der Waals surface area contributed by atoms with Gasteiger partial charge in [0.2, 0.25) is 0 Å². The highest BCUT2D eigenvalue weighted by Gasteiger charge is 1.93. The van der Waals surface area contributed by atoms with Gasteiger partial charge in [-0.2, -0.15) is 0 Å². The van der Waals surface area contributed by atoms with E-state index in [2.05, 4.69) is 26.5 Å². The van der Waals surface area contributed by atoms with Crippen LogP contribution in [0.2, 0.25) is 0 Å². The summed E-state index contributed by atoms with van der Waals surface area (Å²) in [4.78, 5) is 0. The Morgan fingerprint density at radius 2 is 2.20 bits per heavy atom. The molecule has 0 saturated heterocycles. The van der Waals surface area contributed by atoms with Crippen LogP contribution in [0.25, 0.3) is 0 Å². The van der Waals surface area contributed by atoms with Gasteiger partial charge in [0.1, 0.15) is 0 Å². The molecule has 0 aromatic carbocycles. The van der Waals surface area contributed by atoms with Crippen LogP contribution in [-0.2, 0) is 0 Å². The van der Waals surface area contributed by atoms with Gasteiger partial charge < -0.3 is 0 Å². The predicted octanol–water partition coefficient (Wildman–Crippen LogP) is 3.55. The predicted molar refractivity (Wildman–Crippen MR) is 48.0 cm³/mol. The van der Waals surface area contributed by atoms with E-state index < -0.39 is 0 Å². The van der Waals surface area contributed by atoms with Crippen molar-refractivity contribution in [1.29, 1.82) is 0 Å². The van der Waals surface area contributed by atoms with Crippen LogP contribution in [0.1, 0.15) is 33.1 Å². The van der Waals surface area contributed by atoms with Crippen molar-refractivity contribution in [3.63, 3.8) is 0 Å². The average Bonchev–Trinajstić information content (AvgIpc) is 1.97. The molecule has 0 N–H and O–H groups in total. The first-order chi connectivity index (χ1) is 4.81. The molecule has 0 aliphatic heterocycles. The largest absolute Gasteiger partial charge is 0.0991 e. The van der Waals surface area contributed by atoms with E-state index in [0.717, 1.165) is 5.92 Å². The summed E-state index contributed by atoms with van der Waals surface area (Å²) < 4.78 is 0. The lowest BCUT2D eigenvalue weighted by molar-refractivity contribution is 0.598. The number of rotatable bonds is 5. The molecule has 0 bridgehead atoms. The molecule has 0 aromatic rings. The van der Waals surface area contributed by atoms with Crippen molar-refractivity contribution in [3.8, 4) is 0 Å². The summed E-state index contributed by atoms with van der Waals surface area (Å²) in [5, 5.41) is 0. The first kappa shape index (κ1) is 9.48. The van der Waals surface area contributed by atoms with Crippen LogP contribution in [-0.4, -0.2) is 0 Å². The zero-order valence-electron chi connectivity index (χ0n) is 7.14. The van der Waals surface area contributed by atoms with Crippen molar-refractivity contribution in [1.82, 2.24) is 0 Å². The maximum absolute atomic E-state index is 3.63. The van der Waals surface area contributed by atoms with E-state index in [1.165, 1.54) is 19.3 Å². The summed E-state index contributed by atoms with van der Waals surface area (Å²) in [5.41, 5.74) is 0. The van der Waals surface area contributed by atoms with Crippen LogP contribution in [0.3, 0.4) is 0 Å². The van der Waals surface area contributed by atoms with Crippen molar-refractivity contribution < 1.29 is 0 Å². The molecule has 0 heteroatoms. The second-order valence-corrected chi connectivity index (χ2v) is 2.74. The van der Waals surface area contributed by atoms with Gasteiger partial charge in [0.05, 0.1) is 0 Å². The average molecular weight is 138 g/mol. The van der Waals surface area contributed by atoms with Gasteiger partial charge in [0.15, 0.2) is 0 Å². The van der Waals surface area contributed by atoms with Gasteiger partial charge in [-0.25, -0.2) is 0 Å². The van der Waals surface area contributed by atoms with Crippen molar-refractivity contribution in [2.45, 2.75) is 33.1 Å². The number of hydrogen-bond acceptors (Lipinski definition) is 0. The van der Waals surface area contributed by atoms with Crippen LogP contribution < -0.4 is 0 Å². The van der Waals surface area contributed by atoms with E-state index in [4.69, 9.17) is 0 Å². The Morgan fingerprint density at radius 3 is 2.70 bits per heavy atom. The van der Waals surface area contributed by atoms with Crippen molar-refractivity contribution in [3.05, 3.63) is 24.8 Å². The highest BCUT2D eigenvalue weighted by atomic mass is 14.0. The molecular weight excluding hydrogens is 120 g/mol. The van der Waals surface area contributed by atoms with Crippen LogP contribution in [0.4, 0.5) is 0 Å². The summed E-state index contributed by atoms with van der Waals surface area (Å²) in [6, 6.07) is 0. The van der Waals surface area contributed by atoms with Gasteiger partial charge in [0, 0.05) is 0 Å². The molecule has 0 heterocycles. The molecule has 0 aromatic heterocycles. The molecule has 0 spiro atoms. The Labute approximate surface area is 64.6 Å².